The molecule has 2 aromatic carbocycles. The van der Waals surface area contributed by atoms with Crippen LogP contribution in [0.15, 0.2) is 60.7 Å². The van der Waals surface area contributed by atoms with Crippen molar-refractivity contribution in [2.75, 3.05) is 0 Å². The minimum absolute atomic E-state index is 0.251. The first kappa shape index (κ1) is 12.5. The lowest BCUT2D eigenvalue weighted by Gasteiger charge is -2.16. The number of aryl methyl sites for hydroxylation is 1. The predicted molar refractivity (Wildman–Crippen MR) is 77.2 cm³/mol. The van der Waals surface area contributed by atoms with Crippen LogP contribution in [-0.2, 0) is 13.5 Å². The summed E-state index contributed by atoms with van der Waals surface area (Å²) < 4.78 is 0. The zero-order valence-corrected chi connectivity index (χ0v) is 11.3. The van der Waals surface area contributed by atoms with Crippen molar-refractivity contribution < 1.29 is 0 Å². The summed E-state index contributed by atoms with van der Waals surface area (Å²) in [4.78, 5) is 1.50. The number of hydrogen-bond acceptors (Lipinski definition) is 3. The van der Waals surface area contributed by atoms with Crippen molar-refractivity contribution in [1.82, 2.24) is 20.2 Å². The van der Waals surface area contributed by atoms with Crippen LogP contribution in [0.3, 0.4) is 0 Å². The van der Waals surface area contributed by atoms with E-state index in [0.29, 0.717) is 0 Å². The topological polar surface area (TPSA) is 43.6 Å². The Morgan fingerprint density at radius 1 is 0.900 bits per heavy atom. The molecule has 0 atom stereocenters. The molecule has 20 heavy (non-hydrogen) atoms. The van der Waals surface area contributed by atoms with Gasteiger partial charge >= 0.3 is 0 Å². The highest BCUT2D eigenvalue weighted by Crippen LogP contribution is 2.27. The van der Waals surface area contributed by atoms with Crippen LogP contribution >= 0.6 is 0 Å². The maximum atomic E-state index is 4.30. The van der Waals surface area contributed by atoms with Gasteiger partial charge in [0.15, 0.2) is 5.82 Å². The first-order valence-corrected chi connectivity index (χ1v) is 6.65. The highest BCUT2D eigenvalue weighted by molar-refractivity contribution is 5.33. The van der Waals surface area contributed by atoms with E-state index < -0.39 is 0 Å². The van der Waals surface area contributed by atoms with Gasteiger partial charge in [-0.3, -0.25) is 0 Å². The van der Waals surface area contributed by atoms with Crippen molar-refractivity contribution in [3.8, 4) is 0 Å². The zero-order chi connectivity index (χ0) is 13.8. The molecule has 0 fully saturated rings. The largest absolute Gasteiger partial charge is 0.175 e. The number of tetrazole rings is 1. The lowest BCUT2D eigenvalue weighted by atomic mass is 9.88. The fourth-order valence-electron chi connectivity index (χ4n) is 2.39. The van der Waals surface area contributed by atoms with Crippen molar-refractivity contribution in [2.24, 2.45) is 7.05 Å². The highest BCUT2D eigenvalue weighted by atomic mass is 15.6. The molecule has 100 valence electrons. The van der Waals surface area contributed by atoms with Gasteiger partial charge in [-0.2, -0.15) is 4.80 Å². The van der Waals surface area contributed by atoms with Crippen molar-refractivity contribution in [1.29, 1.82) is 0 Å². The molecular formula is C16H16N4. The molecule has 0 spiro atoms. The predicted octanol–water partition coefficient (Wildman–Crippen LogP) is 2.58. The second kappa shape index (κ2) is 5.65. The molecule has 4 nitrogen and oxygen atoms in total. The lowest BCUT2D eigenvalue weighted by Crippen LogP contribution is -2.06. The highest BCUT2D eigenvalue weighted by Gasteiger charge is 2.17. The SMILES string of the molecule is Cn1nnc(CC(c2ccccc2)c2ccccc2)n1. The van der Waals surface area contributed by atoms with Crippen LogP contribution in [-0.4, -0.2) is 20.2 Å². The molecule has 0 saturated carbocycles. The third kappa shape index (κ3) is 2.74. The van der Waals surface area contributed by atoms with Crippen LogP contribution in [0, 0.1) is 0 Å². The van der Waals surface area contributed by atoms with Crippen molar-refractivity contribution in [3.63, 3.8) is 0 Å². The maximum absolute atomic E-state index is 4.30. The lowest BCUT2D eigenvalue weighted by molar-refractivity contribution is 0.625. The van der Waals surface area contributed by atoms with E-state index >= 15 is 0 Å². The molecule has 3 rings (SSSR count). The van der Waals surface area contributed by atoms with Gasteiger partial charge in [-0.25, -0.2) is 0 Å². The van der Waals surface area contributed by atoms with Gasteiger partial charge < -0.3 is 0 Å². The van der Waals surface area contributed by atoms with Crippen LogP contribution in [0.2, 0.25) is 0 Å². The Morgan fingerprint density at radius 3 is 1.90 bits per heavy atom. The fraction of sp³-hybridized carbons (Fsp3) is 0.188. The van der Waals surface area contributed by atoms with Crippen molar-refractivity contribution in [3.05, 3.63) is 77.6 Å². The third-order valence-corrected chi connectivity index (χ3v) is 3.34. The number of nitrogens with zero attached hydrogens (tertiary/aromatic N) is 4. The van der Waals surface area contributed by atoms with E-state index in [1.165, 1.54) is 15.9 Å². The van der Waals surface area contributed by atoms with Gasteiger partial charge in [-0.1, -0.05) is 60.7 Å². The summed E-state index contributed by atoms with van der Waals surface area (Å²) in [5, 5.41) is 12.3. The molecule has 0 saturated heterocycles. The number of aromatic nitrogens is 4. The molecule has 0 unspecified atom stereocenters. The third-order valence-electron chi connectivity index (χ3n) is 3.34. The van der Waals surface area contributed by atoms with Gasteiger partial charge in [-0.05, 0) is 16.3 Å². The smallest absolute Gasteiger partial charge is 0.167 e. The van der Waals surface area contributed by atoms with Crippen LogP contribution in [0.4, 0.5) is 0 Å². The molecule has 0 N–H and O–H groups in total. The van der Waals surface area contributed by atoms with Gasteiger partial charge in [0, 0.05) is 12.3 Å². The van der Waals surface area contributed by atoms with E-state index in [-0.39, 0.29) is 5.92 Å². The van der Waals surface area contributed by atoms with Crippen molar-refractivity contribution in [2.45, 2.75) is 12.3 Å². The van der Waals surface area contributed by atoms with Crippen LogP contribution in [0.5, 0.6) is 0 Å². The van der Waals surface area contributed by atoms with E-state index in [9.17, 15) is 0 Å². The Balaban J connectivity index is 1.96. The van der Waals surface area contributed by atoms with E-state index in [1.807, 2.05) is 12.1 Å². The van der Waals surface area contributed by atoms with E-state index in [4.69, 9.17) is 0 Å². The molecular weight excluding hydrogens is 248 g/mol. The van der Waals surface area contributed by atoms with E-state index in [0.717, 1.165) is 12.2 Å². The summed E-state index contributed by atoms with van der Waals surface area (Å²) in [5.74, 6) is 1.02. The molecule has 1 heterocycles. The number of benzene rings is 2. The maximum Gasteiger partial charge on any atom is 0.175 e. The molecule has 0 aliphatic rings. The molecule has 0 aliphatic heterocycles. The number of hydrogen-bond donors (Lipinski definition) is 0. The standard InChI is InChI=1S/C16H16N4/c1-20-18-16(17-19-20)12-15(13-8-4-2-5-9-13)14-10-6-3-7-11-14/h2-11,15H,12H2,1H3. The minimum atomic E-state index is 0.251. The summed E-state index contributed by atoms with van der Waals surface area (Å²) in [5.41, 5.74) is 2.54. The normalized spacial score (nSPS) is 10.9. The molecule has 0 radical (unpaired) electrons. The summed E-state index contributed by atoms with van der Waals surface area (Å²) in [7, 11) is 1.79. The molecule has 4 heteroatoms. The van der Waals surface area contributed by atoms with Gasteiger partial charge in [-0.15, -0.1) is 10.2 Å². The van der Waals surface area contributed by atoms with Gasteiger partial charge in [0.25, 0.3) is 0 Å². The summed E-state index contributed by atoms with van der Waals surface area (Å²) in [6.45, 7) is 0. The zero-order valence-electron chi connectivity index (χ0n) is 11.3. The Kier molecular flexibility index (Phi) is 3.54. The number of rotatable bonds is 4. The average molecular weight is 264 g/mol. The monoisotopic (exact) mass is 264 g/mol. The van der Waals surface area contributed by atoms with E-state index in [2.05, 4.69) is 63.9 Å². The summed E-state index contributed by atoms with van der Waals surface area (Å²) in [6, 6.07) is 20.9. The van der Waals surface area contributed by atoms with Crippen LogP contribution in [0.25, 0.3) is 0 Å². The van der Waals surface area contributed by atoms with Crippen LogP contribution in [0.1, 0.15) is 22.9 Å². The minimum Gasteiger partial charge on any atom is -0.167 e. The van der Waals surface area contributed by atoms with E-state index in [1.54, 1.807) is 7.05 Å². The first-order valence-electron chi connectivity index (χ1n) is 6.65. The quantitative estimate of drug-likeness (QED) is 0.727. The average Bonchev–Trinajstić information content (AvgIpc) is 2.92. The molecule has 1 aromatic heterocycles. The van der Waals surface area contributed by atoms with Crippen LogP contribution < -0.4 is 0 Å². The van der Waals surface area contributed by atoms with Gasteiger partial charge in [0.1, 0.15) is 0 Å². The summed E-state index contributed by atoms with van der Waals surface area (Å²) >= 11 is 0. The summed E-state index contributed by atoms with van der Waals surface area (Å²) in [6.07, 6.45) is 0.752. The van der Waals surface area contributed by atoms with Gasteiger partial charge in [0.05, 0.1) is 7.05 Å². The van der Waals surface area contributed by atoms with Gasteiger partial charge in [0.2, 0.25) is 0 Å². The molecule has 0 aliphatic carbocycles. The fourth-order valence-corrected chi connectivity index (χ4v) is 2.39. The Labute approximate surface area is 118 Å². The first-order chi connectivity index (χ1) is 9.83. The Bertz CT molecular complexity index is 622. The van der Waals surface area contributed by atoms with Crippen molar-refractivity contribution >= 4 is 0 Å². The molecule has 3 aromatic rings. The molecule has 0 bridgehead atoms. The second-order valence-corrected chi connectivity index (χ2v) is 4.77. The Hall–Kier alpha value is -2.49. The second-order valence-electron chi connectivity index (χ2n) is 4.77. The molecule has 0 amide bonds. The Morgan fingerprint density at radius 2 is 1.45 bits per heavy atom.